The van der Waals surface area contributed by atoms with Crippen molar-refractivity contribution in [3.8, 4) is 0 Å². The van der Waals surface area contributed by atoms with Crippen LogP contribution in [0.15, 0.2) is 55.2 Å². The molecule has 0 spiro atoms. The predicted octanol–water partition coefficient (Wildman–Crippen LogP) is 6.42. The summed E-state index contributed by atoms with van der Waals surface area (Å²) in [6, 6.07) is 13.7. The Morgan fingerprint density at radius 3 is 2.30 bits per heavy atom. The molecular formula is C15H7Br3OS. The minimum absolute atomic E-state index is 0.0474. The van der Waals surface area contributed by atoms with Gasteiger partial charge in [0.2, 0.25) is 5.78 Å². The molecule has 2 aromatic carbocycles. The van der Waals surface area contributed by atoms with E-state index in [1.54, 1.807) is 0 Å². The number of carbonyl (C=O) groups is 1. The summed E-state index contributed by atoms with van der Waals surface area (Å²) < 4.78 is 2.89. The van der Waals surface area contributed by atoms with Crippen molar-refractivity contribution in [3.05, 3.63) is 65.6 Å². The number of halogens is 3. The molecule has 100 valence electrons. The average molecular weight is 475 g/mol. The molecule has 0 N–H and O–H groups in total. The van der Waals surface area contributed by atoms with Gasteiger partial charge in [-0.15, -0.1) is 11.3 Å². The van der Waals surface area contributed by atoms with E-state index >= 15 is 0 Å². The third kappa shape index (κ3) is 2.77. The van der Waals surface area contributed by atoms with Crippen molar-refractivity contribution in [3.63, 3.8) is 0 Å². The molecule has 0 aliphatic carbocycles. The second-order valence-corrected chi connectivity index (χ2v) is 8.41. The molecule has 0 fully saturated rings. The van der Waals surface area contributed by atoms with Crippen molar-refractivity contribution in [1.29, 1.82) is 0 Å². The summed E-state index contributed by atoms with van der Waals surface area (Å²) in [5.74, 6) is 0.0474. The molecular weight excluding hydrogens is 468 g/mol. The molecule has 3 aromatic rings. The van der Waals surface area contributed by atoms with Crippen LogP contribution in [0.5, 0.6) is 0 Å². The lowest BCUT2D eigenvalue weighted by Gasteiger charge is -2.02. The maximum atomic E-state index is 12.5. The van der Waals surface area contributed by atoms with Crippen LogP contribution in [0.3, 0.4) is 0 Å². The Kier molecular flexibility index (Phi) is 4.13. The summed E-state index contributed by atoms with van der Waals surface area (Å²) in [5.41, 5.74) is 0.709. The number of rotatable bonds is 2. The van der Waals surface area contributed by atoms with Gasteiger partial charge in [0, 0.05) is 14.5 Å². The highest BCUT2D eigenvalue weighted by atomic mass is 79.9. The molecule has 0 atom stereocenters. The standard InChI is InChI=1S/C15H7Br3OS/c16-11-4-3-8-5-10(2-1-9(8)6-11)14(19)13-7-12(17)15(18)20-13/h1-7H. The Labute approximate surface area is 145 Å². The first-order valence-electron chi connectivity index (χ1n) is 5.73. The van der Waals surface area contributed by atoms with Crippen LogP contribution in [0.4, 0.5) is 0 Å². The molecule has 0 radical (unpaired) electrons. The highest BCUT2D eigenvalue weighted by Crippen LogP contribution is 2.34. The Hall–Kier alpha value is -0.490. The molecule has 1 nitrogen and oxygen atoms in total. The van der Waals surface area contributed by atoms with E-state index in [0.29, 0.717) is 5.56 Å². The molecule has 1 aromatic heterocycles. The predicted molar refractivity (Wildman–Crippen MR) is 94.8 cm³/mol. The highest BCUT2D eigenvalue weighted by Gasteiger charge is 2.14. The number of thiophene rings is 1. The number of hydrogen-bond donors (Lipinski definition) is 0. The van der Waals surface area contributed by atoms with Gasteiger partial charge in [-0.3, -0.25) is 4.79 Å². The minimum Gasteiger partial charge on any atom is -0.288 e. The van der Waals surface area contributed by atoms with E-state index in [0.717, 1.165) is 28.4 Å². The number of ketones is 1. The number of benzene rings is 2. The van der Waals surface area contributed by atoms with E-state index < -0.39 is 0 Å². The molecule has 3 rings (SSSR count). The largest absolute Gasteiger partial charge is 0.288 e. The normalized spacial score (nSPS) is 10.9. The third-order valence-electron chi connectivity index (χ3n) is 2.93. The third-order valence-corrected chi connectivity index (χ3v) is 6.68. The Bertz CT molecular complexity index is 804. The first-order chi connectivity index (χ1) is 9.54. The lowest BCUT2D eigenvalue weighted by molar-refractivity contribution is 0.104. The molecule has 0 unspecified atom stereocenters. The van der Waals surface area contributed by atoms with Crippen molar-refractivity contribution in [1.82, 2.24) is 0 Å². The Balaban J connectivity index is 2.05. The van der Waals surface area contributed by atoms with Crippen molar-refractivity contribution in [2.45, 2.75) is 0 Å². The molecule has 0 bridgehead atoms. The zero-order chi connectivity index (χ0) is 14.3. The van der Waals surface area contributed by atoms with Crippen LogP contribution >= 0.6 is 59.1 Å². The van der Waals surface area contributed by atoms with Gasteiger partial charge >= 0.3 is 0 Å². The second kappa shape index (κ2) is 5.72. The summed E-state index contributed by atoms with van der Waals surface area (Å²) in [6.07, 6.45) is 0. The summed E-state index contributed by atoms with van der Waals surface area (Å²) in [4.78, 5) is 13.2. The van der Waals surface area contributed by atoms with Crippen molar-refractivity contribution >= 4 is 75.7 Å². The molecule has 0 saturated heterocycles. The zero-order valence-electron chi connectivity index (χ0n) is 9.99. The molecule has 0 amide bonds. The van der Waals surface area contributed by atoms with Gasteiger partial charge in [-0.05, 0) is 66.9 Å². The molecule has 0 saturated carbocycles. The Morgan fingerprint density at radius 1 is 0.900 bits per heavy atom. The fourth-order valence-electron chi connectivity index (χ4n) is 1.96. The van der Waals surface area contributed by atoms with Gasteiger partial charge in [0.1, 0.15) is 0 Å². The summed E-state index contributed by atoms with van der Waals surface area (Å²) in [6.45, 7) is 0. The van der Waals surface area contributed by atoms with Crippen LogP contribution < -0.4 is 0 Å². The van der Waals surface area contributed by atoms with E-state index in [2.05, 4.69) is 47.8 Å². The average Bonchev–Trinajstić information content (AvgIpc) is 2.77. The monoisotopic (exact) mass is 472 g/mol. The minimum atomic E-state index is 0.0474. The van der Waals surface area contributed by atoms with E-state index in [-0.39, 0.29) is 5.78 Å². The van der Waals surface area contributed by atoms with Crippen molar-refractivity contribution in [2.24, 2.45) is 0 Å². The molecule has 0 aliphatic heterocycles. The van der Waals surface area contributed by atoms with E-state index in [1.165, 1.54) is 11.3 Å². The quantitative estimate of drug-likeness (QED) is 0.392. The van der Waals surface area contributed by atoms with Gasteiger partial charge in [-0.2, -0.15) is 0 Å². The van der Waals surface area contributed by atoms with Gasteiger partial charge in [-0.25, -0.2) is 0 Å². The number of hydrogen-bond acceptors (Lipinski definition) is 2. The van der Waals surface area contributed by atoms with E-state index in [4.69, 9.17) is 0 Å². The summed E-state index contributed by atoms with van der Waals surface area (Å²) in [5, 5.41) is 2.18. The van der Waals surface area contributed by atoms with Crippen LogP contribution in [-0.2, 0) is 0 Å². The highest BCUT2D eigenvalue weighted by molar-refractivity contribution is 9.13. The fraction of sp³-hybridized carbons (Fsp3) is 0. The maximum Gasteiger partial charge on any atom is 0.203 e. The summed E-state index contributed by atoms with van der Waals surface area (Å²) >= 11 is 11.7. The lowest BCUT2D eigenvalue weighted by Crippen LogP contribution is -1.98. The van der Waals surface area contributed by atoms with E-state index in [1.807, 2.05) is 42.5 Å². The van der Waals surface area contributed by atoms with Gasteiger partial charge in [-0.1, -0.05) is 34.1 Å². The first-order valence-corrected chi connectivity index (χ1v) is 8.93. The van der Waals surface area contributed by atoms with Crippen LogP contribution in [0.25, 0.3) is 10.8 Å². The molecule has 5 heteroatoms. The lowest BCUT2D eigenvalue weighted by atomic mass is 10.0. The topological polar surface area (TPSA) is 17.1 Å². The maximum absolute atomic E-state index is 12.5. The molecule has 0 aliphatic rings. The fourth-order valence-corrected chi connectivity index (χ4v) is 4.34. The van der Waals surface area contributed by atoms with Gasteiger partial charge in [0.25, 0.3) is 0 Å². The second-order valence-electron chi connectivity index (χ2n) is 4.27. The summed E-state index contributed by atoms with van der Waals surface area (Å²) in [7, 11) is 0. The van der Waals surface area contributed by atoms with Gasteiger partial charge < -0.3 is 0 Å². The van der Waals surface area contributed by atoms with Gasteiger partial charge in [0.15, 0.2) is 0 Å². The van der Waals surface area contributed by atoms with Crippen LogP contribution in [0.2, 0.25) is 0 Å². The Morgan fingerprint density at radius 2 is 1.60 bits per heavy atom. The van der Waals surface area contributed by atoms with E-state index in [9.17, 15) is 4.79 Å². The number of fused-ring (bicyclic) bond motifs is 1. The van der Waals surface area contributed by atoms with Crippen molar-refractivity contribution < 1.29 is 4.79 Å². The molecule has 20 heavy (non-hydrogen) atoms. The zero-order valence-corrected chi connectivity index (χ0v) is 15.6. The van der Waals surface area contributed by atoms with Crippen LogP contribution in [-0.4, -0.2) is 5.78 Å². The van der Waals surface area contributed by atoms with Crippen molar-refractivity contribution in [2.75, 3.05) is 0 Å². The van der Waals surface area contributed by atoms with Gasteiger partial charge in [0.05, 0.1) is 8.66 Å². The van der Waals surface area contributed by atoms with Crippen LogP contribution in [0, 0.1) is 0 Å². The van der Waals surface area contributed by atoms with Crippen LogP contribution in [0.1, 0.15) is 15.2 Å². The number of carbonyl (C=O) groups excluding carboxylic acids is 1. The molecule has 1 heterocycles. The smallest absolute Gasteiger partial charge is 0.203 e. The SMILES string of the molecule is O=C(c1ccc2cc(Br)ccc2c1)c1cc(Br)c(Br)s1. The first kappa shape index (κ1) is 14.4.